The molecule has 1 aliphatic rings. The Balaban J connectivity index is 2.52. The molecule has 1 unspecified atom stereocenters. The van der Waals surface area contributed by atoms with Crippen LogP contribution in [0, 0.1) is 11.3 Å². The van der Waals surface area contributed by atoms with Gasteiger partial charge in [-0.3, -0.25) is 0 Å². The molecule has 1 heteroatoms. The van der Waals surface area contributed by atoms with Crippen molar-refractivity contribution in [3.8, 4) is 0 Å². The lowest BCUT2D eigenvalue weighted by Gasteiger charge is -2.40. The second kappa shape index (κ2) is 4.99. The van der Waals surface area contributed by atoms with E-state index in [9.17, 15) is 0 Å². The Labute approximate surface area is 82.9 Å². The summed E-state index contributed by atoms with van der Waals surface area (Å²) in [7, 11) is 0. The van der Waals surface area contributed by atoms with E-state index in [4.69, 9.17) is 4.74 Å². The van der Waals surface area contributed by atoms with Gasteiger partial charge in [0.1, 0.15) is 0 Å². The largest absolute Gasteiger partial charge is 0.381 e. The van der Waals surface area contributed by atoms with Gasteiger partial charge in [0, 0.05) is 13.2 Å². The number of hydrogen-bond acceptors (Lipinski definition) is 1. The van der Waals surface area contributed by atoms with Crippen molar-refractivity contribution in [1.29, 1.82) is 0 Å². The molecule has 0 amide bonds. The van der Waals surface area contributed by atoms with E-state index >= 15 is 0 Å². The Morgan fingerprint density at radius 3 is 2.31 bits per heavy atom. The van der Waals surface area contributed by atoms with E-state index in [1.54, 1.807) is 0 Å². The molecule has 1 saturated heterocycles. The van der Waals surface area contributed by atoms with E-state index in [-0.39, 0.29) is 0 Å². The molecule has 0 aromatic carbocycles. The summed E-state index contributed by atoms with van der Waals surface area (Å²) in [6, 6.07) is 0. The van der Waals surface area contributed by atoms with Crippen molar-refractivity contribution < 1.29 is 4.74 Å². The van der Waals surface area contributed by atoms with E-state index in [0.717, 1.165) is 19.1 Å². The Hall–Kier alpha value is -0.0400. The van der Waals surface area contributed by atoms with E-state index in [1.807, 2.05) is 0 Å². The number of hydrogen-bond donors (Lipinski definition) is 0. The molecule has 0 aromatic rings. The Morgan fingerprint density at radius 1 is 1.23 bits per heavy atom. The maximum Gasteiger partial charge on any atom is 0.0471 e. The Morgan fingerprint density at radius 2 is 1.85 bits per heavy atom. The molecule has 1 heterocycles. The van der Waals surface area contributed by atoms with E-state index in [2.05, 4.69) is 20.8 Å². The Bertz CT molecular complexity index is 136. The standard InChI is InChI=1S/C12H24O/c1-4-6-11(5-2)12(3)7-9-13-10-8-12/h11H,4-10H2,1-3H3. The summed E-state index contributed by atoms with van der Waals surface area (Å²) in [5, 5.41) is 0. The minimum atomic E-state index is 0.572. The smallest absolute Gasteiger partial charge is 0.0471 e. The molecule has 13 heavy (non-hydrogen) atoms. The molecular formula is C12H24O. The van der Waals surface area contributed by atoms with Crippen LogP contribution in [0.3, 0.4) is 0 Å². The molecular weight excluding hydrogens is 160 g/mol. The van der Waals surface area contributed by atoms with Crippen molar-refractivity contribution in [2.45, 2.75) is 52.9 Å². The molecule has 1 rings (SSSR count). The van der Waals surface area contributed by atoms with E-state index in [0.29, 0.717) is 5.41 Å². The van der Waals surface area contributed by atoms with Gasteiger partial charge in [0.05, 0.1) is 0 Å². The van der Waals surface area contributed by atoms with Crippen LogP contribution in [-0.2, 0) is 4.74 Å². The van der Waals surface area contributed by atoms with Gasteiger partial charge in [-0.1, -0.05) is 40.0 Å². The fourth-order valence-corrected chi connectivity index (χ4v) is 2.64. The average Bonchev–Trinajstić information content (AvgIpc) is 2.15. The first kappa shape index (κ1) is 11.0. The highest BCUT2D eigenvalue weighted by Gasteiger charge is 2.33. The predicted octanol–water partition coefficient (Wildman–Crippen LogP) is 3.63. The summed E-state index contributed by atoms with van der Waals surface area (Å²) >= 11 is 0. The van der Waals surface area contributed by atoms with Crippen molar-refractivity contribution in [3.63, 3.8) is 0 Å². The van der Waals surface area contributed by atoms with E-state index in [1.165, 1.54) is 32.1 Å². The molecule has 0 spiro atoms. The lowest BCUT2D eigenvalue weighted by Crippen LogP contribution is -2.33. The Kier molecular flexibility index (Phi) is 4.24. The van der Waals surface area contributed by atoms with Gasteiger partial charge >= 0.3 is 0 Å². The minimum Gasteiger partial charge on any atom is -0.381 e. The predicted molar refractivity (Wildman–Crippen MR) is 56.8 cm³/mol. The molecule has 0 saturated carbocycles. The first-order valence-electron chi connectivity index (χ1n) is 5.80. The van der Waals surface area contributed by atoms with Crippen LogP contribution in [0.4, 0.5) is 0 Å². The minimum absolute atomic E-state index is 0.572. The molecule has 0 bridgehead atoms. The van der Waals surface area contributed by atoms with Crippen molar-refractivity contribution >= 4 is 0 Å². The van der Waals surface area contributed by atoms with Crippen LogP contribution < -0.4 is 0 Å². The molecule has 1 atom stereocenters. The SMILES string of the molecule is CCCC(CC)C1(C)CCOCC1. The fraction of sp³-hybridized carbons (Fsp3) is 1.00. The van der Waals surface area contributed by atoms with E-state index < -0.39 is 0 Å². The summed E-state index contributed by atoms with van der Waals surface area (Å²) in [4.78, 5) is 0. The summed E-state index contributed by atoms with van der Waals surface area (Å²) in [6.45, 7) is 9.05. The molecule has 1 fully saturated rings. The summed E-state index contributed by atoms with van der Waals surface area (Å²) < 4.78 is 5.44. The van der Waals surface area contributed by atoms with Crippen LogP contribution in [0.25, 0.3) is 0 Å². The average molecular weight is 184 g/mol. The maximum absolute atomic E-state index is 5.44. The molecule has 0 aromatic heterocycles. The lowest BCUT2D eigenvalue weighted by atomic mass is 9.69. The van der Waals surface area contributed by atoms with Crippen LogP contribution >= 0.6 is 0 Å². The van der Waals surface area contributed by atoms with Crippen LogP contribution in [0.15, 0.2) is 0 Å². The fourth-order valence-electron chi connectivity index (χ4n) is 2.64. The summed E-state index contributed by atoms with van der Waals surface area (Å²) in [5.41, 5.74) is 0.572. The molecule has 1 nitrogen and oxygen atoms in total. The van der Waals surface area contributed by atoms with Gasteiger partial charge in [0.15, 0.2) is 0 Å². The van der Waals surface area contributed by atoms with Gasteiger partial charge in [0.2, 0.25) is 0 Å². The monoisotopic (exact) mass is 184 g/mol. The van der Waals surface area contributed by atoms with Crippen molar-refractivity contribution in [3.05, 3.63) is 0 Å². The number of rotatable bonds is 4. The van der Waals surface area contributed by atoms with Crippen LogP contribution in [0.1, 0.15) is 52.9 Å². The van der Waals surface area contributed by atoms with Crippen molar-refractivity contribution in [2.24, 2.45) is 11.3 Å². The van der Waals surface area contributed by atoms with Gasteiger partial charge in [-0.25, -0.2) is 0 Å². The maximum atomic E-state index is 5.44. The molecule has 78 valence electrons. The first-order valence-corrected chi connectivity index (χ1v) is 5.80. The van der Waals surface area contributed by atoms with Gasteiger partial charge in [-0.15, -0.1) is 0 Å². The highest BCUT2D eigenvalue weighted by Crippen LogP contribution is 2.41. The third-order valence-electron chi connectivity index (χ3n) is 3.75. The first-order chi connectivity index (χ1) is 6.23. The quantitative estimate of drug-likeness (QED) is 0.648. The summed E-state index contributed by atoms with van der Waals surface area (Å²) in [5.74, 6) is 0.918. The normalized spacial score (nSPS) is 24.2. The van der Waals surface area contributed by atoms with Gasteiger partial charge < -0.3 is 4.74 Å². The van der Waals surface area contributed by atoms with Crippen molar-refractivity contribution in [2.75, 3.05) is 13.2 Å². The second-order valence-electron chi connectivity index (χ2n) is 4.66. The third kappa shape index (κ3) is 2.70. The second-order valence-corrected chi connectivity index (χ2v) is 4.66. The van der Waals surface area contributed by atoms with Crippen LogP contribution in [-0.4, -0.2) is 13.2 Å². The zero-order chi connectivity index (χ0) is 9.73. The zero-order valence-corrected chi connectivity index (χ0v) is 9.44. The molecule has 0 aliphatic carbocycles. The lowest BCUT2D eigenvalue weighted by molar-refractivity contribution is -0.0113. The highest BCUT2D eigenvalue weighted by molar-refractivity contribution is 4.83. The molecule has 0 radical (unpaired) electrons. The van der Waals surface area contributed by atoms with Crippen LogP contribution in [0.5, 0.6) is 0 Å². The molecule has 0 N–H and O–H groups in total. The van der Waals surface area contributed by atoms with Crippen molar-refractivity contribution in [1.82, 2.24) is 0 Å². The summed E-state index contributed by atoms with van der Waals surface area (Å²) in [6.07, 6.45) is 6.60. The topological polar surface area (TPSA) is 9.23 Å². The van der Waals surface area contributed by atoms with Crippen LogP contribution in [0.2, 0.25) is 0 Å². The van der Waals surface area contributed by atoms with Gasteiger partial charge in [0.25, 0.3) is 0 Å². The van der Waals surface area contributed by atoms with Gasteiger partial charge in [-0.05, 0) is 24.2 Å². The third-order valence-corrected chi connectivity index (χ3v) is 3.75. The highest BCUT2D eigenvalue weighted by atomic mass is 16.5. The zero-order valence-electron chi connectivity index (χ0n) is 9.44. The van der Waals surface area contributed by atoms with Gasteiger partial charge in [-0.2, -0.15) is 0 Å². The molecule has 1 aliphatic heterocycles. The number of ether oxygens (including phenoxy) is 1.